The zero-order valence-electron chi connectivity index (χ0n) is 23.1. The minimum atomic E-state index is -5.05. The third-order valence-electron chi connectivity index (χ3n) is 7.63. The van der Waals surface area contributed by atoms with Gasteiger partial charge >= 0.3 is 6.18 Å². The first-order chi connectivity index (χ1) is 20.3. The van der Waals surface area contributed by atoms with Crippen molar-refractivity contribution in [1.29, 1.82) is 0 Å². The molecule has 2 aromatic heterocycles. The molecule has 1 atom stereocenters. The molecule has 9 nitrogen and oxygen atoms in total. The van der Waals surface area contributed by atoms with E-state index >= 15 is 8.78 Å². The molecular formula is C28H27F6N7O2. The summed E-state index contributed by atoms with van der Waals surface area (Å²) in [5, 5.41) is 2.25. The molecule has 0 radical (unpaired) electrons. The highest BCUT2D eigenvalue weighted by Gasteiger charge is 2.37. The second kappa shape index (κ2) is 11.7. The van der Waals surface area contributed by atoms with Crippen LogP contribution < -0.4 is 20.7 Å². The number of hydrogen-bond acceptors (Lipinski definition) is 7. The standard InChI is InChI=1S/C28H27F6N7O2/c1-15-14-41(8-7-39(15)2)21-10-20(30)23(16-3-5-40(6-4-16)27-36-11-17(29)12-37-27)24(31)25(21)38-26(43)18-13-35-22(42)9-19(18)28(32,33)34/h3,9-13,15H,4-8,14H2,1-2H3,(H,35,42)(H,38,43)/t15-/m0/s1. The normalized spacial score (nSPS) is 18.0. The van der Waals surface area contributed by atoms with E-state index < -0.39 is 57.5 Å². The van der Waals surface area contributed by atoms with Gasteiger partial charge in [0.05, 0.1) is 34.8 Å². The Bertz CT molecular complexity index is 1620. The molecule has 4 heterocycles. The highest BCUT2D eigenvalue weighted by atomic mass is 19.4. The number of amides is 1. The van der Waals surface area contributed by atoms with E-state index in [2.05, 4.69) is 15.3 Å². The van der Waals surface area contributed by atoms with Crippen molar-refractivity contribution in [2.75, 3.05) is 54.9 Å². The maximum absolute atomic E-state index is 16.4. The molecule has 1 aromatic carbocycles. The number of alkyl halides is 3. The molecule has 1 amide bonds. The first-order valence-electron chi connectivity index (χ1n) is 13.3. The van der Waals surface area contributed by atoms with Gasteiger partial charge in [0.25, 0.3) is 5.91 Å². The molecule has 2 aliphatic heterocycles. The monoisotopic (exact) mass is 607 g/mol. The lowest BCUT2D eigenvalue weighted by molar-refractivity contribution is -0.138. The van der Waals surface area contributed by atoms with Crippen molar-refractivity contribution in [3.63, 3.8) is 0 Å². The average molecular weight is 608 g/mol. The first kappa shape index (κ1) is 30.1. The van der Waals surface area contributed by atoms with E-state index in [4.69, 9.17) is 0 Å². The number of rotatable bonds is 5. The summed E-state index contributed by atoms with van der Waals surface area (Å²) in [5.74, 6) is -3.78. The Kier molecular flexibility index (Phi) is 8.18. The highest BCUT2D eigenvalue weighted by molar-refractivity contribution is 6.07. The number of hydrogen-bond donors (Lipinski definition) is 2. The van der Waals surface area contributed by atoms with Crippen LogP contribution in [0.25, 0.3) is 5.57 Å². The number of benzene rings is 1. The second-order valence-corrected chi connectivity index (χ2v) is 10.4. The Labute approximate surface area is 241 Å². The lowest BCUT2D eigenvalue weighted by Crippen LogP contribution is -2.50. The predicted octanol–water partition coefficient (Wildman–Crippen LogP) is 4.29. The van der Waals surface area contributed by atoms with Gasteiger partial charge in [0.1, 0.15) is 11.5 Å². The number of pyridine rings is 1. The van der Waals surface area contributed by atoms with E-state index in [-0.39, 0.29) is 48.8 Å². The zero-order valence-corrected chi connectivity index (χ0v) is 23.1. The number of nitrogens with zero attached hydrogens (tertiary/aromatic N) is 5. The van der Waals surface area contributed by atoms with Gasteiger partial charge in [-0.2, -0.15) is 13.2 Å². The second-order valence-electron chi connectivity index (χ2n) is 10.4. The minimum Gasteiger partial charge on any atom is -0.367 e. The summed E-state index contributed by atoms with van der Waals surface area (Å²) < 4.78 is 86.3. The summed E-state index contributed by atoms with van der Waals surface area (Å²) in [6.45, 7) is 3.49. The van der Waals surface area contributed by atoms with Crippen LogP contribution in [0.1, 0.15) is 34.8 Å². The quantitative estimate of drug-likeness (QED) is 0.418. The number of aromatic amines is 1. The summed E-state index contributed by atoms with van der Waals surface area (Å²) >= 11 is 0. The molecule has 2 aliphatic rings. The van der Waals surface area contributed by atoms with Gasteiger partial charge in [-0.15, -0.1) is 0 Å². The van der Waals surface area contributed by atoms with Crippen molar-refractivity contribution in [3.05, 3.63) is 81.3 Å². The van der Waals surface area contributed by atoms with E-state index in [1.54, 1.807) is 15.9 Å². The Balaban J connectivity index is 1.55. The molecule has 15 heteroatoms. The number of likely N-dealkylation sites (N-methyl/N-ethyl adjacent to an activating group) is 1. The molecular weight excluding hydrogens is 580 g/mol. The third kappa shape index (κ3) is 6.21. The van der Waals surface area contributed by atoms with Crippen LogP contribution in [0, 0.1) is 17.5 Å². The van der Waals surface area contributed by atoms with E-state index in [1.807, 2.05) is 23.9 Å². The molecule has 3 aromatic rings. The lowest BCUT2D eigenvalue weighted by Gasteiger charge is -2.40. The molecule has 0 saturated carbocycles. The molecule has 43 heavy (non-hydrogen) atoms. The highest BCUT2D eigenvalue weighted by Crippen LogP contribution is 2.39. The van der Waals surface area contributed by atoms with Gasteiger partial charge < -0.3 is 25.0 Å². The fourth-order valence-electron chi connectivity index (χ4n) is 5.16. The summed E-state index contributed by atoms with van der Waals surface area (Å²) in [5.41, 5.74) is -4.17. The maximum atomic E-state index is 16.4. The number of carbonyl (C=O) groups is 1. The molecule has 228 valence electrons. The fraction of sp³-hybridized carbons (Fsp3) is 0.357. The maximum Gasteiger partial charge on any atom is 0.417 e. The van der Waals surface area contributed by atoms with Crippen LogP contribution in [-0.2, 0) is 6.18 Å². The van der Waals surface area contributed by atoms with Crippen LogP contribution in [0.2, 0.25) is 0 Å². The Morgan fingerprint density at radius 3 is 2.42 bits per heavy atom. The zero-order chi connectivity index (χ0) is 31.1. The Hall–Kier alpha value is -4.40. The molecule has 0 aliphatic carbocycles. The van der Waals surface area contributed by atoms with Gasteiger partial charge in [-0.3, -0.25) is 9.59 Å². The van der Waals surface area contributed by atoms with Crippen LogP contribution in [0.3, 0.4) is 0 Å². The number of nitrogens with one attached hydrogen (secondary N) is 2. The van der Waals surface area contributed by atoms with Crippen LogP contribution >= 0.6 is 0 Å². The fourth-order valence-corrected chi connectivity index (χ4v) is 5.16. The number of H-pyrrole nitrogens is 1. The van der Waals surface area contributed by atoms with Crippen molar-refractivity contribution in [3.8, 4) is 0 Å². The smallest absolute Gasteiger partial charge is 0.367 e. The molecule has 0 bridgehead atoms. The van der Waals surface area contributed by atoms with Gasteiger partial charge in [0.2, 0.25) is 11.5 Å². The van der Waals surface area contributed by atoms with Crippen molar-refractivity contribution in [2.24, 2.45) is 0 Å². The van der Waals surface area contributed by atoms with Gasteiger partial charge in [-0.1, -0.05) is 6.08 Å². The SMILES string of the molecule is C[C@H]1CN(c2cc(F)c(C3=CCN(c4ncc(F)cn4)CC3)c(F)c2NC(=O)c2c[nH]c(=O)cc2C(F)(F)F)CCN1C. The Morgan fingerprint density at radius 2 is 1.79 bits per heavy atom. The molecule has 0 spiro atoms. The minimum absolute atomic E-state index is 0.0252. The first-order valence-corrected chi connectivity index (χ1v) is 13.3. The van der Waals surface area contributed by atoms with E-state index in [0.29, 0.717) is 25.8 Å². The lowest BCUT2D eigenvalue weighted by atomic mass is 9.96. The summed E-state index contributed by atoms with van der Waals surface area (Å²) in [7, 11) is 1.89. The van der Waals surface area contributed by atoms with Gasteiger partial charge in [0.15, 0.2) is 11.6 Å². The van der Waals surface area contributed by atoms with E-state index in [9.17, 15) is 27.2 Å². The van der Waals surface area contributed by atoms with Gasteiger partial charge in [0, 0.05) is 57.1 Å². The number of aromatic nitrogens is 3. The molecule has 2 N–H and O–H groups in total. The number of piperazine rings is 1. The van der Waals surface area contributed by atoms with Crippen molar-refractivity contribution >= 4 is 28.8 Å². The van der Waals surface area contributed by atoms with Gasteiger partial charge in [-0.25, -0.2) is 23.1 Å². The van der Waals surface area contributed by atoms with E-state index in [0.717, 1.165) is 18.5 Å². The number of carbonyl (C=O) groups excluding carboxylic acids is 1. The molecule has 1 fully saturated rings. The Morgan fingerprint density at radius 1 is 1.07 bits per heavy atom. The average Bonchev–Trinajstić information content (AvgIpc) is 2.96. The largest absolute Gasteiger partial charge is 0.417 e. The number of halogens is 6. The topological polar surface area (TPSA) is 97.5 Å². The van der Waals surface area contributed by atoms with E-state index in [1.165, 1.54) is 0 Å². The van der Waals surface area contributed by atoms with Gasteiger partial charge in [-0.05, 0) is 26.0 Å². The predicted molar refractivity (Wildman–Crippen MR) is 147 cm³/mol. The van der Waals surface area contributed by atoms with Crippen LogP contribution in [-0.4, -0.2) is 71.6 Å². The molecule has 5 rings (SSSR count). The number of anilines is 3. The van der Waals surface area contributed by atoms with Crippen LogP contribution in [0.4, 0.5) is 43.7 Å². The molecule has 0 unspecified atom stereocenters. The molecule has 1 saturated heterocycles. The summed E-state index contributed by atoms with van der Waals surface area (Å²) in [6, 6.07) is 1.29. The van der Waals surface area contributed by atoms with Crippen LogP contribution in [0.15, 0.2) is 41.6 Å². The van der Waals surface area contributed by atoms with Crippen LogP contribution in [0.5, 0.6) is 0 Å². The van der Waals surface area contributed by atoms with Crippen molar-refractivity contribution < 1.29 is 31.1 Å². The third-order valence-corrected chi connectivity index (χ3v) is 7.63. The summed E-state index contributed by atoms with van der Waals surface area (Å²) in [4.78, 5) is 40.1. The summed E-state index contributed by atoms with van der Waals surface area (Å²) in [6.07, 6.45) is -0.761. The van der Waals surface area contributed by atoms with Crippen molar-refractivity contribution in [2.45, 2.75) is 25.6 Å². The van der Waals surface area contributed by atoms with Crippen molar-refractivity contribution in [1.82, 2.24) is 19.9 Å².